The lowest BCUT2D eigenvalue weighted by atomic mass is 10.0. The molecule has 1 aromatic carbocycles. The van der Waals surface area contributed by atoms with E-state index in [1.165, 1.54) is 5.56 Å². The lowest BCUT2D eigenvalue weighted by Crippen LogP contribution is -2.23. The van der Waals surface area contributed by atoms with Crippen LogP contribution in [0.3, 0.4) is 0 Å². The van der Waals surface area contributed by atoms with Gasteiger partial charge in [0.05, 0.1) is 12.3 Å². The molecule has 0 fully saturated rings. The van der Waals surface area contributed by atoms with Crippen LogP contribution in [0.15, 0.2) is 53.1 Å². The van der Waals surface area contributed by atoms with Crippen LogP contribution in [0.1, 0.15) is 43.7 Å². The lowest BCUT2D eigenvalue weighted by Gasteiger charge is -2.21. The maximum absolute atomic E-state index is 5.41. The smallest absolute Gasteiger partial charge is 0.120 e. The minimum Gasteiger partial charge on any atom is -0.468 e. The van der Waals surface area contributed by atoms with E-state index < -0.39 is 0 Å². The first-order valence-electron chi connectivity index (χ1n) is 6.15. The van der Waals surface area contributed by atoms with Gasteiger partial charge in [0.1, 0.15) is 5.76 Å². The monoisotopic (exact) mass is 229 g/mol. The van der Waals surface area contributed by atoms with Gasteiger partial charge in [-0.15, -0.1) is 0 Å². The molecule has 0 radical (unpaired) electrons. The topological polar surface area (TPSA) is 25.2 Å². The van der Waals surface area contributed by atoms with E-state index in [2.05, 4.69) is 43.4 Å². The molecule has 1 N–H and O–H groups in total. The van der Waals surface area contributed by atoms with E-state index in [4.69, 9.17) is 4.42 Å². The summed E-state index contributed by atoms with van der Waals surface area (Å²) in [5, 5.41) is 3.59. The van der Waals surface area contributed by atoms with Crippen molar-refractivity contribution < 1.29 is 4.42 Å². The largest absolute Gasteiger partial charge is 0.468 e. The third-order valence-corrected chi connectivity index (χ3v) is 3.03. The Morgan fingerprint density at radius 3 is 2.47 bits per heavy atom. The molecule has 0 bridgehead atoms. The summed E-state index contributed by atoms with van der Waals surface area (Å²) in [5.41, 5.74) is 1.33. The number of furan rings is 1. The van der Waals surface area contributed by atoms with Crippen molar-refractivity contribution in [3.63, 3.8) is 0 Å². The van der Waals surface area contributed by atoms with E-state index in [1.807, 2.05) is 18.2 Å². The van der Waals surface area contributed by atoms with Gasteiger partial charge in [0, 0.05) is 6.04 Å². The van der Waals surface area contributed by atoms with Crippen molar-refractivity contribution in [1.29, 1.82) is 0 Å². The Kier molecular flexibility index (Phi) is 3.99. The van der Waals surface area contributed by atoms with Gasteiger partial charge < -0.3 is 9.73 Å². The summed E-state index contributed by atoms with van der Waals surface area (Å²) in [6, 6.07) is 15.1. The minimum atomic E-state index is 0.232. The molecule has 1 aromatic heterocycles. The molecule has 2 heteroatoms. The Balaban J connectivity index is 2.06. The van der Waals surface area contributed by atoms with Crippen LogP contribution in [-0.2, 0) is 0 Å². The Morgan fingerprint density at radius 1 is 1.12 bits per heavy atom. The molecule has 0 aliphatic heterocycles. The number of nitrogens with one attached hydrogen (secondary N) is 1. The van der Waals surface area contributed by atoms with Crippen LogP contribution in [-0.4, -0.2) is 0 Å². The molecule has 0 saturated heterocycles. The minimum absolute atomic E-state index is 0.232. The highest BCUT2D eigenvalue weighted by Crippen LogP contribution is 2.21. The maximum atomic E-state index is 5.41. The first-order valence-corrected chi connectivity index (χ1v) is 6.15. The van der Waals surface area contributed by atoms with Crippen molar-refractivity contribution in [3.05, 3.63) is 60.1 Å². The maximum Gasteiger partial charge on any atom is 0.120 e. The summed E-state index contributed by atoms with van der Waals surface area (Å²) < 4.78 is 5.41. The highest BCUT2D eigenvalue weighted by atomic mass is 16.3. The molecule has 0 aliphatic carbocycles. The van der Waals surface area contributed by atoms with E-state index in [0.717, 1.165) is 12.2 Å². The van der Waals surface area contributed by atoms with Crippen molar-refractivity contribution in [1.82, 2.24) is 5.32 Å². The van der Waals surface area contributed by atoms with Crippen LogP contribution in [0.5, 0.6) is 0 Å². The number of hydrogen-bond donors (Lipinski definition) is 1. The quantitative estimate of drug-likeness (QED) is 0.835. The average molecular weight is 229 g/mol. The zero-order valence-corrected chi connectivity index (χ0v) is 10.4. The predicted molar refractivity (Wildman–Crippen MR) is 69.7 cm³/mol. The summed E-state index contributed by atoms with van der Waals surface area (Å²) >= 11 is 0. The summed E-state index contributed by atoms with van der Waals surface area (Å²) in [7, 11) is 0. The van der Waals surface area contributed by atoms with Crippen molar-refractivity contribution in [2.45, 2.75) is 32.4 Å². The first kappa shape index (κ1) is 11.9. The van der Waals surface area contributed by atoms with E-state index in [0.29, 0.717) is 6.04 Å². The van der Waals surface area contributed by atoms with Crippen LogP contribution in [0.2, 0.25) is 0 Å². The molecule has 2 nitrogen and oxygen atoms in total. The van der Waals surface area contributed by atoms with Gasteiger partial charge in [-0.25, -0.2) is 0 Å². The van der Waals surface area contributed by atoms with E-state index in [9.17, 15) is 0 Å². The van der Waals surface area contributed by atoms with Gasteiger partial charge in [-0.1, -0.05) is 37.3 Å². The highest BCUT2D eigenvalue weighted by molar-refractivity contribution is 5.19. The van der Waals surface area contributed by atoms with Crippen molar-refractivity contribution in [3.8, 4) is 0 Å². The zero-order valence-electron chi connectivity index (χ0n) is 10.4. The van der Waals surface area contributed by atoms with Gasteiger partial charge >= 0.3 is 0 Å². The number of benzene rings is 1. The Bertz CT molecular complexity index is 421. The second-order valence-corrected chi connectivity index (χ2v) is 4.28. The van der Waals surface area contributed by atoms with Gasteiger partial charge in [-0.05, 0) is 31.0 Å². The number of rotatable bonds is 5. The molecule has 90 valence electrons. The summed E-state index contributed by atoms with van der Waals surface area (Å²) in [4.78, 5) is 0. The SMILES string of the molecule is CCC(N[C@H](C)c1ccco1)c1ccccc1. The molecule has 17 heavy (non-hydrogen) atoms. The number of hydrogen-bond acceptors (Lipinski definition) is 2. The fourth-order valence-electron chi connectivity index (χ4n) is 2.06. The van der Waals surface area contributed by atoms with Crippen molar-refractivity contribution >= 4 is 0 Å². The van der Waals surface area contributed by atoms with Gasteiger partial charge in [0.25, 0.3) is 0 Å². The standard InChI is InChI=1S/C15H19NO/c1-3-14(13-8-5-4-6-9-13)16-12(2)15-10-7-11-17-15/h4-12,14,16H,3H2,1-2H3/t12-,14?/m1/s1. The van der Waals surface area contributed by atoms with Gasteiger partial charge in [0.15, 0.2) is 0 Å². The third kappa shape index (κ3) is 2.98. The fraction of sp³-hybridized carbons (Fsp3) is 0.333. The molecule has 2 aromatic rings. The van der Waals surface area contributed by atoms with Crippen molar-refractivity contribution in [2.24, 2.45) is 0 Å². The zero-order chi connectivity index (χ0) is 12.1. The summed E-state index contributed by atoms with van der Waals surface area (Å²) in [6.45, 7) is 4.32. The fourth-order valence-corrected chi connectivity index (χ4v) is 2.06. The first-order chi connectivity index (χ1) is 8.31. The lowest BCUT2D eigenvalue weighted by molar-refractivity contribution is 0.387. The molecule has 0 amide bonds. The van der Waals surface area contributed by atoms with Crippen LogP contribution >= 0.6 is 0 Å². The highest BCUT2D eigenvalue weighted by Gasteiger charge is 2.14. The molecule has 0 saturated carbocycles. The van der Waals surface area contributed by atoms with E-state index in [-0.39, 0.29) is 6.04 Å². The van der Waals surface area contributed by atoms with E-state index >= 15 is 0 Å². The van der Waals surface area contributed by atoms with Gasteiger partial charge in [0.2, 0.25) is 0 Å². The van der Waals surface area contributed by atoms with E-state index in [1.54, 1.807) is 6.26 Å². The van der Waals surface area contributed by atoms with Gasteiger partial charge in [-0.3, -0.25) is 0 Å². The molecule has 0 spiro atoms. The molecule has 1 heterocycles. The van der Waals surface area contributed by atoms with Crippen LogP contribution in [0, 0.1) is 0 Å². The third-order valence-electron chi connectivity index (χ3n) is 3.03. The Hall–Kier alpha value is -1.54. The predicted octanol–water partition coefficient (Wildman–Crippen LogP) is 4.08. The Labute approximate surface area is 103 Å². The van der Waals surface area contributed by atoms with Crippen LogP contribution in [0.25, 0.3) is 0 Å². The van der Waals surface area contributed by atoms with Gasteiger partial charge in [-0.2, -0.15) is 0 Å². The molecular weight excluding hydrogens is 210 g/mol. The summed E-state index contributed by atoms with van der Waals surface area (Å²) in [5.74, 6) is 0.986. The summed E-state index contributed by atoms with van der Waals surface area (Å²) in [6.07, 6.45) is 2.78. The molecular formula is C15H19NO. The Morgan fingerprint density at radius 2 is 1.88 bits per heavy atom. The second-order valence-electron chi connectivity index (χ2n) is 4.28. The normalized spacial score (nSPS) is 14.5. The molecule has 1 unspecified atom stereocenters. The second kappa shape index (κ2) is 5.69. The molecule has 2 atom stereocenters. The van der Waals surface area contributed by atoms with Crippen LogP contribution in [0.4, 0.5) is 0 Å². The van der Waals surface area contributed by atoms with Crippen molar-refractivity contribution in [2.75, 3.05) is 0 Å². The average Bonchev–Trinajstić information content (AvgIpc) is 2.90. The van der Waals surface area contributed by atoms with Crippen LogP contribution < -0.4 is 5.32 Å². The molecule has 2 rings (SSSR count). The molecule has 0 aliphatic rings.